The topological polar surface area (TPSA) is 34.6 Å². The molecule has 136 valence electrons. The number of hydrogen-bond donors (Lipinski definition) is 0. The summed E-state index contributed by atoms with van der Waals surface area (Å²) < 4.78 is 50.3. The Labute approximate surface area is 141 Å². The maximum absolute atomic E-state index is 13.5. The summed E-state index contributed by atoms with van der Waals surface area (Å²) in [7, 11) is 2.59. The second-order valence-electron chi connectivity index (χ2n) is 6.42. The van der Waals surface area contributed by atoms with Gasteiger partial charge in [0.15, 0.2) is 0 Å². The predicted octanol–water partition coefficient (Wildman–Crippen LogP) is 4.18. The molecule has 1 fully saturated rings. The standard InChI is InChI=1S/C17H25F3N2O2/c1-11-6-5-7-22(10-11)12(2)13-8-14(17(18,19)20)15(21-9-13)16(23-3)24-4/h8-9,11-12,16H,5-7,10H2,1-4H3/t11-,12?/m0/s1. The minimum atomic E-state index is -4.51. The fraction of sp³-hybridized carbons (Fsp3) is 0.706. The highest BCUT2D eigenvalue weighted by atomic mass is 19.4. The van der Waals surface area contributed by atoms with Crippen molar-refractivity contribution in [3.05, 3.63) is 29.1 Å². The summed E-state index contributed by atoms with van der Waals surface area (Å²) >= 11 is 0. The van der Waals surface area contributed by atoms with Crippen molar-refractivity contribution in [2.45, 2.75) is 45.2 Å². The Balaban J connectivity index is 2.35. The van der Waals surface area contributed by atoms with Crippen LogP contribution in [0.2, 0.25) is 0 Å². The van der Waals surface area contributed by atoms with E-state index < -0.39 is 18.0 Å². The van der Waals surface area contributed by atoms with E-state index >= 15 is 0 Å². The molecular weight excluding hydrogens is 321 g/mol. The van der Waals surface area contributed by atoms with Crippen LogP contribution in [-0.4, -0.2) is 37.2 Å². The van der Waals surface area contributed by atoms with Crippen molar-refractivity contribution in [1.29, 1.82) is 0 Å². The molecule has 2 heterocycles. The number of likely N-dealkylation sites (tertiary alicyclic amines) is 1. The van der Waals surface area contributed by atoms with Crippen LogP contribution in [0.4, 0.5) is 13.2 Å². The lowest BCUT2D eigenvalue weighted by molar-refractivity contribution is -0.149. The van der Waals surface area contributed by atoms with E-state index in [4.69, 9.17) is 9.47 Å². The zero-order chi connectivity index (χ0) is 17.9. The first kappa shape index (κ1) is 19.1. The van der Waals surface area contributed by atoms with E-state index in [1.54, 1.807) is 0 Å². The molecule has 0 spiro atoms. The third-order valence-corrected chi connectivity index (χ3v) is 4.62. The van der Waals surface area contributed by atoms with E-state index in [1.165, 1.54) is 26.5 Å². The van der Waals surface area contributed by atoms with Gasteiger partial charge in [-0.2, -0.15) is 13.2 Å². The van der Waals surface area contributed by atoms with E-state index in [2.05, 4.69) is 16.8 Å². The number of ether oxygens (including phenoxy) is 2. The Morgan fingerprint density at radius 2 is 1.96 bits per heavy atom. The highest BCUT2D eigenvalue weighted by molar-refractivity contribution is 5.30. The fourth-order valence-electron chi connectivity index (χ4n) is 3.24. The molecule has 0 bridgehead atoms. The van der Waals surface area contributed by atoms with Crippen LogP contribution in [0.25, 0.3) is 0 Å². The molecule has 0 radical (unpaired) electrons. The van der Waals surface area contributed by atoms with Crippen LogP contribution in [0.3, 0.4) is 0 Å². The average Bonchev–Trinajstić information content (AvgIpc) is 2.54. The molecule has 0 amide bonds. The molecule has 1 aromatic rings. The second kappa shape index (κ2) is 7.80. The number of alkyl halides is 3. The molecule has 0 aliphatic carbocycles. The summed E-state index contributed by atoms with van der Waals surface area (Å²) in [6.45, 7) is 5.89. The van der Waals surface area contributed by atoms with Gasteiger partial charge >= 0.3 is 6.18 Å². The lowest BCUT2D eigenvalue weighted by atomic mass is 9.96. The molecule has 24 heavy (non-hydrogen) atoms. The zero-order valence-corrected chi connectivity index (χ0v) is 14.6. The van der Waals surface area contributed by atoms with Crippen LogP contribution >= 0.6 is 0 Å². The monoisotopic (exact) mass is 346 g/mol. The maximum atomic E-state index is 13.5. The van der Waals surface area contributed by atoms with Gasteiger partial charge in [-0.15, -0.1) is 0 Å². The van der Waals surface area contributed by atoms with Crippen LogP contribution in [0, 0.1) is 5.92 Å². The lowest BCUT2D eigenvalue weighted by Crippen LogP contribution is -2.36. The Morgan fingerprint density at radius 3 is 2.50 bits per heavy atom. The molecule has 2 rings (SSSR count). The molecule has 2 atom stereocenters. The van der Waals surface area contributed by atoms with Crippen molar-refractivity contribution in [1.82, 2.24) is 9.88 Å². The lowest BCUT2D eigenvalue weighted by Gasteiger charge is -2.36. The van der Waals surface area contributed by atoms with Gasteiger partial charge in [-0.05, 0) is 43.9 Å². The van der Waals surface area contributed by atoms with Gasteiger partial charge in [-0.3, -0.25) is 9.88 Å². The van der Waals surface area contributed by atoms with Crippen LogP contribution < -0.4 is 0 Å². The molecule has 1 unspecified atom stereocenters. The van der Waals surface area contributed by atoms with Gasteiger partial charge in [-0.1, -0.05) is 6.92 Å². The molecule has 1 aliphatic rings. The van der Waals surface area contributed by atoms with Gasteiger partial charge < -0.3 is 9.47 Å². The van der Waals surface area contributed by atoms with Gasteiger partial charge in [0, 0.05) is 33.0 Å². The summed E-state index contributed by atoms with van der Waals surface area (Å²) in [4.78, 5) is 6.24. The van der Waals surface area contributed by atoms with E-state index in [0.29, 0.717) is 11.5 Å². The van der Waals surface area contributed by atoms with Crippen molar-refractivity contribution >= 4 is 0 Å². The van der Waals surface area contributed by atoms with E-state index in [9.17, 15) is 13.2 Å². The Hall–Kier alpha value is -1.18. The van der Waals surface area contributed by atoms with Crippen molar-refractivity contribution in [3.8, 4) is 0 Å². The second-order valence-corrected chi connectivity index (χ2v) is 6.42. The molecule has 1 aromatic heterocycles. The molecule has 7 heteroatoms. The number of halogens is 3. The minimum absolute atomic E-state index is 0.112. The molecule has 4 nitrogen and oxygen atoms in total. The first-order valence-corrected chi connectivity index (χ1v) is 8.14. The van der Waals surface area contributed by atoms with Crippen LogP contribution in [0.5, 0.6) is 0 Å². The highest BCUT2D eigenvalue weighted by Gasteiger charge is 2.37. The quantitative estimate of drug-likeness (QED) is 0.749. The predicted molar refractivity (Wildman–Crippen MR) is 84.4 cm³/mol. The van der Waals surface area contributed by atoms with Gasteiger partial charge in [-0.25, -0.2) is 0 Å². The number of methoxy groups -OCH3 is 2. The van der Waals surface area contributed by atoms with E-state index in [1.807, 2.05) is 6.92 Å². The number of nitrogens with zero attached hydrogens (tertiary/aromatic N) is 2. The van der Waals surface area contributed by atoms with Gasteiger partial charge in [0.1, 0.15) is 5.69 Å². The number of pyridine rings is 1. The van der Waals surface area contributed by atoms with Crippen molar-refractivity contribution in [3.63, 3.8) is 0 Å². The summed E-state index contributed by atoms with van der Waals surface area (Å²) in [6.07, 6.45) is -1.92. The summed E-state index contributed by atoms with van der Waals surface area (Å²) in [5.74, 6) is 0.557. The van der Waals surface area contributed by atoms with Gasteiger partial charge in [0.2, 0.25) is 6.29 Å². The van der Waals surface area contributed by atoms with Gasteiger partial charge in [0.25, 0.3) is 0 Å². The Kier molecular flexibility index (Phi) is 6.22. The fourth-order valence-corrected chi connectivity index (χ4v) is 3.24. The first-order valence-electron chi connectivity index (χ1n) is 8.14. The molecule has 0 aromatic carbocycles. The first-order chi connectivity index (χ1) is 11.3. The molecule has 1 aliphatic heterocycles. The van der Waals surface area contributed by atoms with E-state index in [-0.39, 0.29) is 11.7 Å². The van der Waals surface area contributed by atoms with Crippen molar-refractivity contribution in [2.24, 2.45) is 5.92 Å². The summed E-state index contributed by atoms with van der Waals surface area (Å²) in [5.41, 5.74) is -0.479. The third-order valence-electron chi connectivity index (χ3n) is 4.62. The molecule has 0 N–H and O–H groups in total. The smallest absolute Gasteiger partial charge is 0.350 e. The Bertz CT molecular complexity index is 547. The highest BCUT2D eigenvalue weighted by Crippen LogP contribution is 2.37. The zero-order valence-electron chi connectivity index (χ0n) is 14.6. The maximum Gasteiger partial charge on any atom is 0.418 e. The summed E-state index contributed by atoms with van der Waals surface area (Å²) in [6, 6.07) is 1.07. The van der Waals surface area contributed by atoms with Gasteiger partial charge in [0.05, 0.1) is 5.56 Å². The van der Waals surface area contributed by atoms with Crippen molar-refractivity contribution in [2.75, 3.05) is 27.3 Å². The molecular formula is C17H25F3N2O2. The number of hydrogen-bond acceptors (Lipinski definition) is 4. The number of piperidine rings is 1. The number of rotatable bonds is 5. The van der Waals surface area contributed by atoms with Crippen LogP contribution in [0.1, 0.15) is 55.8 Å². The Morgan fingerprint density at radius 1 is 1.29 bits per heavy atom. The third kappa shape index (κ3) is 4.26. The number of aromatic nitrogens is 1. The SMILES string of the molecule is COC(OC)c1ncc(C(C)N2CCC[C@H](C)C2)cc1C(F)(F)F. The molecule has 0 saturated carbocycles. The van der Waals surface area contributed by atoms with Crippen molar-refractivity contribution < 1.29 is 22.6 Å². The minimum Gasteiger partial charge on any atom is -0.350 e. The molecule has 1 saturated heterocycles. The average molecular weight is 346 g/mol. The van der Waals surface area contributed by atoms with Crippen LogP contribution in [-0.2, 0) is 15.7 Å². The van der Waals surface area contributed by atoms with E-state index in [0.717, 1.165) is 25.9 Å². The normalized spacial score (nSPS) is 21.2. The largest absolute Gasteiger partial charge is 0.418 e. The summed E-state index contributed by atoms with van der Waals surface area (Å²) in [5, 5.41) is 0. The van der Waals surface area contributed by atoms with Crippen LogP contribution in [0.15, 0.2) is 12.3 Å².